The lowest BCUT2D eigenvalue weighted by Crippen LogP contribution is -2.08. The number of carbonyl (C=O) groups is 1. The van der Waals surface area contributed by atoms with E-state index in [9.17, 15) is 4.79 Å². The van der Waals surface area contributed by atoms with Crippen molar-refractivity contribution in [2.75, 3.05) is 6.61 Å². The highest BCUT2D eigenvalue weighted by atomic mass is 16.5. The summed E-state index contributed by atoms with van der Waals surface area (Å²) in [5.74, 6) is -0.878. The Kier molecular flexibility index (Phi) is 5.70. The Balaban J connectivity index is 2.30. The number of hydrogen-bond acceptors (Lipinski definition) is 2. The molecule has 0 aliphatic heterocycles. The first kappa shape index (κ1) is 13.7. The molecule has 1 rings (SSSR count). The standard InChI is InChI=1S/C14H20O3/c1-3-11(2)17-10-4-5-12-6-8-13(9-7-12)14(15)16/h6-9,11H,3-5,10H2,1-2H3,(H,15,16)/t11-/m0/s1. The molecular formula is C14H20O3. The minimum atomic E-state index is -0.878. The predicted octanol–water partition coefficient (Wildman–Crippen LogP) is 3.13. The van der Waals surface area contributed by atoms with Gasteiger partial charge in [-0.05, 0) is 43.9 Å². The van der Waals surface area contributed by atoms with E-state index in [1.165, 1.54) is 0 Å². The minimum Gasteiger partial charge on any atom is -0.478 e. The molecule has 94 valence electrons. The van der Waals surface area contributed by atoms with Crippen LogP contribution in [-0.2, 0) is 11.2 Å². The van der Waals surface area contributed by atoms with Crippen LogP contribution in [0, 0.1) is 0 Å². The largest absolute Gasteiger partial charge is 0.478 e. The van der Waals surface area contributed by atoms with Crippen molar-refractivity contribution in [3.8, 4) is 0 Å². The molecule has 0 unspecified atom stereocenters. The van der Waals surface area contributed by atoms with Crippen LogP contribution in [0.4, 0.5) is 0 Å². The molecule has 0 aliphatic rings. The van der Waals surface area contributed by atoms with Gasteiger partial charge in [0.1, 0.15) is 0 Å². The number of aryl methyl sites for hydroxylation is 1. The van der Waals surface area contributed by atoms with Crippen molar-refractivity contribution >= 4 is 5.97 Å². The molecule has 0 fully saturated rings. The Morgan fingerprint density at radius 1 is 1.35 bits per heavy atom. The molecule has 0 aromatic heterocycles. The molecule has 3 heteroatoms. The van der Waals surface area contributed by atoms with Gasteiger partial charge in [-0.1, -0.05) is 19.1 Å². The second kappa shape index (κ2) is 7.07. The zero-order valence-electron chi connectivity index (χ0n) is 10.5. The molecule has 0 amide bonds. The molecule has 1 aromatic carbocycles. The van der Waals surface area contributed by atoms with Crippen molar-refractivity contribution in [3.05, 3.63) is 35.4 Å². The van der Waals surface area contributed by atoms with Crippen molar-refractivity contribution in [2.24, 2.45) is 0 Å². The van der Waals surface area contributed by atoms with Gasteiger partial charge in [0.15, 0.2) is 0 Å². The molecular weight excluding hydrogens is 216 g/mol. The van der Waals surface area contributed by atoms with E-state index in [1.807, 2.05) is 12.1 Å². The fourth-order valence-corrected chi connectivity index (χ4v) is 1.49. The summed E-state index contributed by atoms with van der Waals surface area (Å²) in [5, 5.41) is 8.76. The smallest absolute Gasteiger partial charge is 0.335 e. The summed E-state index contributed by atoms with van der Waals surface area (Å²) in [5.41, 5.74) is 1.49. The molecule has 1 aromatic rings. The number of aromatic carboxylic acids is 1. The summed E-state index contributed by atoms with van der Waals surface area (Å²) in [7, 11) is 0. The normalized spacial score (nSPS) is 12.4. The average molecular weight is 236 g/mol. The number of carboxylic acid groups (broad SMARTS) is 1. The summed E-state index contributed by atoms with van der Waals surface area (Å²) in [6, 6.07) is 7.03. The number of rotatable bonds is 7. The van der Waals surface area contributed by atoms with Gasteiger partial charge in [0.05, 0.1) is 11.7 Å². The number of benzene rings is 1. The molecule has 0 saturated carbocycles. The van der Waals surface area contributed by atoms with Crippen LogP contribution in [0.5, 0.6) is 0 Å². The number of ether oxygens (including phenoxy) is 1. The quantitative estimate of drug-likeness (QED) is 0.740. The third-order valence-electron chi connectivity index (χ3n) is 2.79. The van der Waals surface area contributed by atoms with Crippen LogP contribution in [0.1, 0.15) is 42.6 Å². The van der Waals surface area contributed by atoms with Crippen LogP contribution in [0.3, 0.4) is 0 Å². The van der Waals surface area contributed by atoms with Gasteiger partial charge >= 0.3 is 5.97 Å². The predicted molar refractivity (Wildman–Crippen MR) is 67.4 cm³/mol. The highest BCUT2D eigenvalue weighted by Gasteiger charge is 2.02. The van der Waals surface area contributed by atoms with Crippen LogP contribution < -0.4 is 0 Å². The molecule has 17 heavy (non-hydrogen) atoms. The molecule has 0 aliphatic carbocycles. The molecule has 0 heterocycles. The van der Waals surface area contributed by atoms with Gasteiger partial charge in [-0.3, -0.25) is 0 Å². The fourth-order valence-electron chi connectivity index (χ4n) is 1.49. The number of hydrogen-bond donors (Lipinski definition) is 1. The highest BCUT2D eigenvalue weighted by Crippen LogP contribution is 2.07. The average Bonchev–Trinajstić information content (AvgIpc) is 2.34. The Morgan fingerprint density at radius 2 is 2.00 bits per heavy atom. The summed E-state index contributed by atoms with van der Waals surface area (Å²) < 4.78 is 5.58. The van der Waals surface area contributed by atoms with E-state index in [0.717, 1.165) is 31.4 Å². The maximum absolute atomic E-state index is 10.7. The van der Waals surface area contributed by atoms with E-state index in [1.54, 1.807) is 12.1 Å². The van der Waals surface area contributed by atoms with E-state index in [4.69, 9.17) is 9.84 Å². The zero-order chi connectivity index (χ0) is 12.7. The van der Waals surface area contributed by atoms with Crippen molar-refractivity contribution in [1.29, 1.82) is 0 Å². The van der Waals surface area contributed by atoms with Gasteiger partial charge in [-0.15, -0.1) is 0 Å². The van der Waals surface area contributed by atoms with Gasteiger partial charge in [0.2, 0.25) is 0 Å². The third-order valence-corrected chi connectivity index (χ3v) is 2.79. The summed E-state index contributed by atoms with van der Waals surface area (Å²) in [4.78, 5) is 10.7. The first-order chi connectivity index (χ1) is 8.13. The first-order valence-corrected chi connectivity index (χ1v) is 6.07. The van der Waals surface area contributed by atoms with Gasteiger partial charge in [0.25, 0.3) is 0 Å². The monoisotopic (exact) mass is 236 g/mol. The Hall–Kier alpha value is -1.35. The van der Waals surface area contributed by atoms with Crippen molar-refractivity contribution in [2.45, 2.75) is 39.2 Å². The molecule has 0 bridgehead atoms. The van der Waals surface area contributed by atoms with Gasteiger partial charge < -0.3 is 9.84 Å². The van der Waals surface area contributed by atoms with Crippen LogP contribution in [0.15, 0.2) is 24.3 Å². The topological polar surface area (TPSA) is 46.5 Å². The molecule has 1 N–H and O–H groups in total. The van der Waals surface area contributed by atoms with E-state index in [0.29, 0.717) is 11.7 Å². The van der Waals surface area contributed by atoms with Crippen LogP contribution >= 0.6 is 0 Å². The van der Waals surface area contributed by atoms with Crippen LogP contribution in [-0.4, -0.2) is 23.8 Å². The van der Waals surface area contributed by atoms with Gasteiger partial charge in [-0.25, -0.2) is 4.79 Å². The Morgan fingerprint density at radius 3 is 2.53 bits per heavy atom. The summed E-state index contributed by atoms with van der Waals surface area (Å²) in [6.45, 7) is 4.94. The van der Waals surface area contributed by atoms with E-state index in [2.05, 4.69) is 13.8 Å². The molecule has 1 atom stereocenters. The first-order valence-electron chi connectivity index (χ1n) is 6.07. The lowest BCUT2D eigenvalue weighted by Gasteiger charge is -2.10. The minimum absolute atomic E-state index is 0.324. The second-order valence-electron chi connectivity index (χ2n) is 4.20. The van der Waals surface area contributed by atoms with Gasteiger partial charge in [0, 0.05) is 6.61 Å². The molecule has 3 nitrogen and oxygen atoms in total. The fraction of sp³-hybridized carbons (Fsp3) is 0.500. The van der Waals surface area contributed by atoms with Crippen LogP contribution in [0.2, 0.25) is 0 Å². The van der Waals surface area contributed by atoms with Crippen molar-refractivity contribution in [3.63, 3.8) is 0 Å². The summed E-state index contributed by atoms with van der Waals surface area (Å²) >= 11 is 0. The van der Waals surface area contributed by atoms with Crippen LogP contribution in [0.25, 0.3) is 0 Å². The van der Waals surface area contributed by atoms with Gasteiger partial charge in [-0.2, -0.15) is 0 Å². The van der Waals surface area contributed by atoms with E-state index < -0.39 is 5.97 Å². The molecule has 0 radical (unpaired) electrons. The lowest BCUT2D eigenvalue weighted by molar-refractivity contribution is 0.0621. The number of carboxylic acids is 1. The molecule has 0 saturated heterocycles. The van der Waals surface area contributed by atoms with E-state index >= 15 is 0 Å². The van der Waals surface area contributed by atoms with Crippen molar-refractivity contribution < 1.29 is 14.6 Å². The highest BCUT2D eigenvalue weighted by molar-refractivity contribution is 5.87. The Labute approximate surface area is 102 Å². The zero-order valence-corrected chi connectivity index (χ0v) is 10.5. The summed E-state index contributed by atoms with van der Waals surface area (Å²) in [6.07, 6.45) is 3.25. The SMILES string of the molecule is CC[C@H](C)OCCCc1ccc(C(=O)O)cc1. The van der Waals surface area contributed by atoms with Crippen molar-refractivity contribution in [1.82, 2.24) is 0 Å². The Bertz CT molecular complexity index is 343. The maximum atomic E-state index is 10.7. The third kappa shape index (κ3) is 5.00. The lowest BCUT2D eigenvalue weighted by atomic mass is 10.1. The second-order valence-corrected chi connectivity index (χ2v) is 4.20. The molecule has 0 spiro atoms. The maximum Gasteiger partial charge on any atom is 0.335 e. The van der Waals surface area contributed by atoms with E-state index in [-0.39, 0.29) is 0 Å².